The van der Waals surface area contributed by atoms with Crippen molar-refractivity contribution in [3.8, 4) is 0 Å². The quantitative estimate of drug-likeness (QED) is 0.752. The third-order valence-corrected chi connectivity index (χ3v) is 3.56. The molecule has 0 spiro atoms. The molecule has 2 amide bonds. The smallest absolute Gasteiger partial charge is 0.239 e. The molecule has 1 aromatic rings. The van der Waals surface area contributed by atoms with Crippen molar-refractivity contribution in [2.75, 3.05) is 31.5 Å². The van der Waals surface area contributed by atoms with Crippen LogP contribution >= 0.6 is 0 Å². The van der Waals surface area contributed by atoms with Gasteiger partial charge in [0, 0.05) is 32.2 Å². The first-order chi connectivity index (χ1) is 10.1. The SMILES string of the molecule is CC(=O)Nc1ccc(C(C(N)=O)N2CCCNCC2)cc1. The number of anilines is 1. The van der Waals surface area contributed by atoms with Gasteiger partial charge in [0.25, 0.3) is 0 Å². The van der Waals surface area contributed by atoms with E-state index in [0.29, 0.717) is 5.69 Å². The molecule has 0 saturated carbocycles. The Kier molecular flexibility index (Phi) is 5.30. The number of hydrogen-bond acceptors (Lipinski definition) is 4. The van der Waals surface area contributed by atoms with Gasteiger partial charge in [-0.2, -0.15) is 0 Å². The second-order valence-electron chi connectivity index (χ2n) is 5.25. The van der Waals surface area contributed by atoms with E-state index in [0.717, 1.165) is 38.2 Å². The molecule has 0 aliphatic carbocycles. The third-order valence-electron chi connectivity index (χ3n) is 3.56. The molecule has 1 aliphatic rings. The molecule has 4 N–H and O–H groups in total. The van der Waals surface area contributed by atoms with Gasteiger partial charge in [0.05, 0.1) is 0 Å². The third kappa shape index (κ3) is 4.27. The average Bonchev–Trinajstić information content (AvgIpc) is 2.69. The lowest BCUT2D eigenvalue weighted by molar-refractivity contribution is -0.123. The Balaban J connectivity index is 2.17. The molecular weight excluding hydrogens is 268 g/mol. The molecule has 21 heavy (non-hydrogen) atoms. The summed E-state index contributed by atoms with van der Waals surface area (Å²) in [4.78, 5) is 25.0. The highest BCUT2D eigenvalue weighted by Gasteiger charge is 2.26. The highest BCUT2D eigenvalue weighted by molar-refractivity contribution is 5.88. The van der Waals surface area contributed by atoms with Crippen LogP contribution in [0.25, 0.3) is 0 Å². The molecule has 0 radical (unpaired) electrons. The summed E-state index contributed by atoms with van der Waals surface area (Å²) in [5, 5.41) is 6.02. The summed E-state index contributed by atoms with van der Waals surface area (Å²) in [6.45, 7) is 4.91. The number of rotatable bonds is 4. The first-order valence-corrected chi connectivity index (χ1v) is 7.19. The van der Waals surface area contributed by atoms with Crippen LogP contribution in [-0.4, -0.2) is 42.9 Å². The minimum absolute atomic E-state index is 0.118. The molecule has 1 aliphatic heterocycles. The van der Waals surface area contributed by atoms with Crippen molar-refractivity contribution in [3.05, 3.63) is 29.8 Å². The van der Waals surface area contributed by atoms with E-state index < -0.39 is 6.04 Å². The number of primary amides is 1. The van der Waals surface area contributed by atoms with Crippen molar-refractivity contribution in [2.24, 2.45) is 5.73 Å². The van der Waals surface area contributed by atoms with Crippen molar-refractivity contribution >= 4 is 17.5 Å². The van der Waals surface area contributed by atoms with Crippen molar-refractivity contribution in [2.45, 2.75) is 19.4 Å². The van der Waals surface area contributed by atoms with Gasteiger partial charge in [-0.25, -0.2) is 0 Å². The molecule has 0 aromatic heterocycles. The number of nitrogens with two attached hydrogens (primary N) is 1. The fraction of sp³-hybridized carbons (Fsp3) is 0.467. The van der Waals surface area contributed by atoms with E-state index >= 15 is 0 Å². The lowest BCUT2D eigenvalue weighted by Crippen LogP contribution is -2.39. The first kappa shape index (κ1) is 15.5. The summed E-state index contributed by atoms with van der Waals surface area (Å²) in [6, 6.07) is 6.86. The molecule has 114 valence electrons. The minimum Gasteiger partial charge on any atom is -0.368 e. The Labute approximate surface area is 124 Å². The summed E-state index contributed by atoms with van der Waals surface area (Å²) in [5.74, 6) is -0.461. The van der Waals surface area contributed by atoms with Crippen LogP contribution in [0.4, 0.5) is 5.69 Å². The molecule has 1 aromatic carbocycles. The highest BCUT2D eigenvalue weighted by Crippen LogP contribution is 2.23. The largest absolute Gasteiger partial charge is 0.368 e. The topological polar surface area (TPSA) is 87.5 Å². The lowest BCUT2D eigenvalue weighted by atomic mass is 10.0. The predicted octanol–water partition coefficient (Wildman–Crippen LogP) is 0.467. The van der Waals surface area contributed by atoms with Gasteiger partial charge in [-0.15, -0.1) is 0 Å². The van der Waals surface area contributed by atoms with Gasteiger partial charge in [-0.1, -0.05) is 12.1 Å². The number of carbonyl (C=O) groups is 2. The standard InChI is InChI=1S/C15H22N4O2/c1-11(20)18-13-5-3-12(4-6-13)14(15(16)21)19-9-2-7-17-8-10-19/h3-6,14,17H,2,7-10H2,1H3,(H2,16,21)(H,18,20). The number of nitrogens with zero attached hydrogens (tertiary/aromatic N) is 1. The number of nitrogens with one attached hydrogen (secondary N) is 2. The Morgan fingerprint density at radius 2 is 1.95 bits per heavy atom. The van der Waals surface area contributed by atoms with Gasteiger partial charge in [0.1, 0.15) is 6.04 Å². The number of amides is 2. The fourth-order valence-electron chi connectivity index (χ4n) is 2.63. The summed E-state index contributed by atoms with van der Waals surface area (Å²) in [5.41, 5.74) is 7.17. The van der Waals surface area contributed by atoms with E-state index in [2.05, 4.69) is 15.5 Å². The summed E-state index contributed by atoms with van der Waals surface area (Å²) in [7, 11) is 0. The van der Waals surface area contributed by atoms with Crippen LogP contribution in [0.3, 0.4) is 0 Å². The van der Waals surface area contributed by atoms with Crippen LogP contribution in [-0.2, 0) is 9.59 Å². The Hall–Kier alpha value is -1.92. The molecular formula is C15H22N4O2. The van der Waals surface area contributed by atoms with Gasteiger partial charge in [0.15, 0.2) is 0 Å². The van der Waals surface area contributed by atoms with Crippen LogP contribution in [0.5, 0.6) is 0 Å². The van der Waals surface area contributed by atoms with E-state index in [1.807, 2.05) is 12.1 Å². The molecule has 2 rings (SSSR count). The van der Waals surface area contributed by atoms with E-state index in [1.165, 1.54) is 6.92 Å². The number of benzene rings is 1. The highest BCUT2D eigenvalue weighted by atomic mass is 16.2. The molecule has 1 saturated heterocycles. The van der Waals surface area contributed by atoms with E-state index in [4.69, 9.17) is 5.73 Å². The summed E-state index contributed by atoms with van der Waals surface area (Å²) >= 11 is 0. The second kappa shape index (κ2) is 7.19. The number of carbonyl (C=O) groups excluding carboxylic acids is 2. The molecule has 6 nitrogen and oxygen atoms in total. The lowest BCUT2D eigenvalue weighted by Gasteiger charge is -2.28. The average molecular weight is 290 g/mol. The molecule has 6 heteroatoms. The van der Waals surface area contributed by atoms with Crippen LogP contribution in [0, 0.1) is 0 Å². The zero-order valence-electron chi connectivity index (χ0n) is 12.3. The van der Waals surface area contributed by atoms with Crippen LogP contribution in [0.15, 0.2) is 24.3 Å². The zero-order valence-corrected chi connectivity index (χ0v) is 12.3. The van der Waals surface area contributed by atoms with E-state index in [-0.39, 0.29) is 11.8 Å². The van der Waals surface area contributed by atoms with Crippen molar-refractivity contribution < 1.29 is 9.59 Å². The number of hydrogen-bond donors (Lipinski definition) is 3. The van der Waals surface area contributed by atoms with Gasteiger partial charge >= 0.3 is 0 Å². The van der Waals surface area contributed by atoms with E-state index in [9.17, 15) is 9.59 Å². The first-order valence-electron chi connectivity index (χ1n) is 7.19. The second-order valence-corrected chi connectivity index (χ2v) is 5.25. The normalized spacial score (nSPS) is 17.8. The maximum absolute atomic E-state index is 11.9. The maximum atomic E-state index is 11.9. The van der Waals surface area contributed by atoms with Gasteiger partial charge in [-0.3, -0.25) is 14.5 Å². The Bertz CT molecular complexity index is 493. The van der Waals surface area contributed by atoms with Crippen LogP contribution in [0.1, 0.15) is 24.9 Å². The monoisotopic (exact) mass is 290 g/mol. The van der Waals surface area contributed by atoms with E-state index in [1.54, 1.807) is 12.1 Å². The van der Waals surface area contributed by atoms with Gasteiger partial charge < -0.3 is 16.4 Å². The molecule has 1 fully saturated rings. The van der Waals surface area contributed by atoms with Crippen molar-refractivity contribution in [1.82, 2.24) is 10.2 Å². The minimum atomic E-state index is -0.420. The fourth-order valence-corrected chi connectivity index (χ4v) is 2.63. The van der Waals surface area contributed by atoms with Gasteiger partial charge in [0.2, 0.25) is 11.8 Å². The summed E-state index contributed by atoms with van der Waals surface area (Å²) < 4.78 is 0. The van der Waals surface area contributed by atoms with Crippen molar-refractivity contribution in [3.63, 3.8) is 0 Å². The van der Waals surface area contributed by atoms with Gasteiger partial charge in [-0.05, 0) is 30.7 Å². The Morgan fingerprint density at radius 1 is 1.24 bits per heavy atom. The predicted molar refractivity (Wildman–Crippen MR) is 81.7 cm³/mol. The molecule has 0 bridgehead atoms. The molecule has 1 unspecified atom stereocenters. The van der Waals surface area contributed by atoms with Crippen LogP contribution < -0.4 is 16.4 Å². The zero-order chi connectivity index (χ0) is 15.2. The molecule has 1 atom stereocenters. The van der Waals surface area contributed by atoms with Crippen LogP contribution in [0.2, 0.25) is 0 Å². The molecule has 1 heterocycles. The Morgan fingerprint density at radius 3 is 2.57 bits per heavy atom. The summed E-state index contributed by atoms with van der Waals surface area (Å²) in [6.07, 6.45) is 0.994. The van der Waals surface area contributed by atoms with Crippen molar-refractivity contribution in [1.29, 1.82) is 0 Å². The maximum Gasteiger partial charge on any atom is 0.239 e.